The average molecular weight is 219 g/mol. The Kier molecular flexibility index (Phi) is 3.74. The molecule has 0 spiro atoms. The number of carbonyl (C=O) groups is 1. The zero-order valence-corrected chi connectivity index (χ0v) is 10.8. The van der Waals surface area contributed by atoms with Crippen LogP contribution in [0.4, 0.5) is 0 Å². The molecule has 0 aliphatic heterocycles. The van der Waals surface area contributed by atoms with Crippen molar-refractivity contribution >= 4 is 5.91 Å². The highest BCUT2D eigenvalue weighted by molar-refractivity contribution is 5.79. The van der Waals surface area contributed by atoms with Gasteiger partial charge in [0.1, 0.15) is 0 Å². The number of nitrogens with one attached hydrogen (secondary N) is 1. The minimum absolute atomic E-state index is 0.0794. The molecule has 1 amide bonds. The molecule has 2 nitrogen and oxygen atoms in total. The molecule has 0 radical (unpaired) electrons. The fourth-order valence-corrected chi connectivity index (χ4v) is 1.56. The second-order valence-electron chi connectivity index (χ2n) is 5.39. The van der Waals surface area contributed by atoms with Crippen LogP contribution in [0.1, 0.15) is 37.5 Å². The van der Waals surface area contributed by atoms with E-state index >= 15 is 0 Å². The van der Waals surface area contributed by atoms with Crippen LogP contribution in [0, 0.1) is 13.8 Å². The Morgan fingerprint density at radius 2 is 1.81 bits per heavy atom. The van der Waals surface area contributed by atoms with Crippen LogP contribution in [-0.4, -0.2) is 11.4 Å². The third-order valence-corrected chi connectivity index (χ3v) is 2.45. The molecule has 1 rings (SSSR count). The largest absolute Gasteiger partial charge is 0.351 e. The Morgan fingerprint density at radius 3 is 2.31 bits per heavy atom. The SMILES string of the molecule is Cc1ccc(CC(=O)NC(C)(C)C)cc1C. The minimum atomic E-state index is -0.156. The second-order valence-corrected chi connectivity index (χ2v) is 5.39. The second kappa shape index (κ2) is 4.69. The van der Waals surface area contributed by atoms with E-state index in [2.05, 4.69) is 31.3 Å². The molecule has 2 heteroatoms. The number of rotatable bonds is 2. The van der Waals surface area contributed by atoms with Gasteiger partial charge >= 0.3 is 0 Å². The Balaban J connectivity index is 2.67. The molecule has 0 heterocycles. The number of hydrogen-bond donors (Lipinski definition) is 1. The van der Waals surface area contributed by atoms with Gasteiger partial charge in [-0.05, 0) is 51.3 Å². The first kappa shape index (κ1) is 12.8. The quantitative estimate of drug-likeness (QED) is 0.814. The van der Waals surface area contributed by atoms with Crippen LogP contribution in [0.25, 0.3) is 0 Å². The molecule has 0 aliphatic rings. The summed E-state index contributed by atoms with van der Waals surface area (Å²) in [5, 5.41) is 2.96. The van der Waals surface area contributed by atoms with Gasteiger partial charge in [-0.15, -0.1) is 0 Å². The molecular weight excluding hydrogens is 198 g/mol. The molecule has 0 bridgehead atoms. The summed E-state index contributed by atoms with van der Waals surface area (Å²) in [4.78, 5) is 11.7. The van der Waals surface area contributed by atoms with Crippen molar-refractivity contribution in [2.45, 2.75) is 46.6 Å². The average Bonchev–Trinajstić information content (AvgIpc) is 2.08. The Labute approximate surface area is 98.1 Å². The van der Waals surface area contributed by atoms with Crippen molar-refractivity contribution in [2.75, 3.05) is 0 Å². The van der Waals surface area contributed by atoms with Crippen molar-refractivity contribution < 1.29 is 4.79 Å². The van der Waals surface area contributed by atoms with Gasteiger partial charge in [0.2, 0.25) is 5.91 Å². The van der Waals surface area contributed by atoms with Crippen LogP contribution >= 0.6 is 0 Å². The molecule has 0 atom stereocenters. The van der Waals surface area contributed by atoms with Crippen LogP contribution < -0.4 is 5.32 Å². The first-order valence-electron chi connectivity index (χ1n) is 5.65. The van der Waals surface area contributed by atoms with Crippen molar-refractivity contribution in [2.24, 2.45) is 0 Å². The molecule has 88 valence electrons. The van der Waals surface area contributed by atoms with Crippen molar-refractivity contribution in [3.8, 4) is 0 Å². The Morgan fingerprint density at radius 1 is 1.19 bits per heavy atom. The lowest BCUT2D eigenvalue weighted by Gasteiger charge is -2.20. The highest BCUT2D eigenvalue weighted by atomic mass is 16.1. The van der Waals surface area contributed by atoms with E-state index in [-0.39, 0.29) is 11.4 Å². The molecular formula is C14H21NO. The number of aryl methyl sites for hydroxylation is 2. The third-order valence-electron chi connectivity index (χ3n) is 2.45. The topological polar surface area (TPSA) is 29.1 Å². The van der Waals surface area contributed by atoms with Gasteiger partial charge in [-0.25, -0.2) is 0 Å². The number of amides is 1. The summed E-state index contributed by atoms with van der Waals surface area (Å²) in [6.45, 7) is 10.1. The number of hydrogen-bond acceptors (Lipinski definition) is 1. The Hall–Kier alpha value is -1.31. The predicted octanol–water partition coefficient (Wildman–Crippen LogP) is 2.76. The molecule has 0 saturated heterocycles. The molecule has 0 fully saturated rings. The summed E-state index contributed by atoms with van der Waals surface area (Å²) >= 11 is 0. The summed E-state index contributed by atoms with van der Waals surface area (Å²) in [6.07, 6.45) is 0.457. The molecule has 16 heavy (non-hydrogen) atoms. The Bertz CT molecular complexity index is 388. The van der Waals surface area contributed by atoms with Crippen molar-refractivity contribution in [1.82, 2.24) is 5.32 Å². The van der Waals surface area contributed by atoms with Gasteiger partial charge in [0.15, 0.2) is 0 Å². The summed E-state index contributed by atoms with van der Waals surface area (Å²) in [6, 6.07) is 6.16. The summed E-state index contributed by atoms with van der Waals surface area (Å²) in [5.41, 5.74) is 3.42. The lowest BCUT2D eigenvalue weighted by Crippen LogP contribution is -2.41. The molecule has 0 saturated carbocycles. The van der Waals surface area contributed by atoms with E-state index in [9.17, 15) is 4.79 Å². The molecule has 0 aromatic heterocycles. The maximum absolute atomic E-state index is 11.7. The fraction of sp³-hybridized carbons (Fsp3) is 0.500. The van der Waals surface area contributed by atoms with Crippen LogP contribution in [0.5, 0.6) is 0 Å². The van der Waals surface area contributed by atoms with Crippen LogP contribution in [0.15, 0.2) is 18.2 Å². The molecule has 1 aromatic rings. The zero-order valence-electron chi connectivity index (χ0n) is 10.8. The highest BCUT2D eigenvalue weighted by Gasteiger charge is 2.13. The number of carbonyl (C=O) groups excluding carboxylic acids is 1. The van der Waals surface area contributed by atoms with Gasteiger partial charge < -0.3 is 5.32 Å². The van der Waals surface area contributed by atoms with Gasteiger partial charge in [0.05, 0.1) is 6.42 Å². The molecule has 1 aromatic carbocycles. The van der Waals surface area contributed by atoms with E-state index in [0.29, 0.717) is 6.42 Å². The van der Waals surface area contributed by atoms with Gasteiger partial charge in [-0.1, -0.05) is 18.2 Å². The number of benzene rings is 1. The van der Waals surface area contributed by atoms with E-state index in [1.54, 1.807) is 0 Å². The third kappa shape index (κ3) is 4.05. The highest BCUT2D eigenvalue weighted by Crippen LogP contribution is 2.10. The van der Waals surface area contributed by atoms with Crippen molar-refractivity contribution in [1.29, 1.82) is 0 Å². The standard InChI is InChI=1S/C14H21NO/c1-10-6-7-12(8-11(10)2)9-13(16)15-14(3,4)5/h6-8H,9H2,1-5H3,(H,15,16). The van der Waals surface area contributed by atoms with E-state index in [4.69, 9.17) is 0 Å². The lowest BCUT2D eigenvalue weighted by atomic mass is 10.0. The summed E-state index contributed by atoms with van der Waals surface area (Å²) in [7, 11) is 0. The zero-order chi connectivity index (χ0) is 12.3. The summed E-state index contributed by atoms with van der Waals surface area (Å²) < 4.78 is 0. The smallest absolute Gasteiger partial charge is 0.224 e. The van der Waals surface area contributed by atoms with Crippen molar-refractivity contribution in [3.05, 3.63) is 34.9 Å². The molecule has 0 unspecified atom stereocenters. The van der Waals surface area contributed by atoms with Gasteiger partial charge in [0.25, 0.3) is 0 Å². The van der Waals surface area contributed by atoms with Crippen LogP contribution in [0.3, 0.4) is 0 Å². The maximum Gasteiger partial charge on any atom is 0.224 e. The van der Waals surface area contributed by atoms with Crippen molar-refractivity contribution in [3.63, 3.8) is 0 Å². The van der Waals surface area contributed by atoms with Crippen LogP contribution in [0.2, 0.25) is 0 Å². The fourth-order valence-electron chi connectivity index (χ4n) is 1.56. The van der Waals surface area contributed by atoms with E-state index in [1.807, 2.05) is 26.8 Å². The van der Waals surface area contributed by atoms with E-state index < -0.39 is 0 Å². The predicted molar refractivity (Wildman–Crippen MR) is 67.5 cm³/mol. The van der Waals surface area contributed by atoms with Gasteiger partial charge in [0, 0.05) is 5.54 Å². The minimum Gasteiger partial charge on any atom is -0.351 e. The first-order chi connectivity index (χ1) is 7.28. The molecule has 0 aliphatic carbocycles. The first-order valence-corrected chi connectivity index (χ1v) is 5.65. The monoisotopic (exact) mass is 219 g/mol. The van der Waals surface area contributed by atoms with Gasteiger partial charge in [-0.2, -0.15) is 0 Å². The maximum atomic E-state index is 11.7. The van der Waals surface area contributed by atoms with Gasteiger partial charge in [-0.3, -0.25) is 4.79 Å². The van der Waals surface area contributed by atoms with E-state index in [1.165, 1.54) is 11.1 Å². The summed E-state index contributed by atoms with van der Waals surface area (Å²) in [5.74, 6) is 0.0794. The van der Waals surface area contributed by atoms with E-state index in [0.717, 1.165) is 5.56 Å². The normalized spacial score (nSPS) is 11.3. The van der Waals surface area contributed by atoms with Crippen LogP contribution in [-0.2, 0) is 11.2 Å². The molecule has 1 N–H and O–H groups in total. The lowest BCUT2D eigenvalue weighted by molar-refractivity contribution is -0.121.